The normalized spacial score (nSPS) is 10.5. The number of benzene rings is 1. The summed E-state index contributed by atoms with van der Waals surface area (Å²) in [4.78, 5) is 20.7. The van der Waals surface area contributed by atoms with Gasteiger partial charge in [0, 0.05) is 36.3 Å². The Labute approximate surface area is 143 Å². The van der Waals surface area contributed by atoms with Crippen LogP contribution in [0.25, 0.3) is 10.6 Å². The lowest BCUT2D eigenvalue weighted by Crippen LogP contribution is -2.26. The molecule has 116 valence electrons. The predicted molar refractivity (Wildman–Crippen MR) is 92.8 cm³/mol. The third kappa shape index (κ3) is 3.94. The van der Waals surface area contributed by atoms with E-state index in [1.165, 1.54) is 0 Å². The van der Waals surface area contributed by atoms with Crippen molar-refractivity contribution in [1.82, 2.24) is 15.3 Å². The van der Waals surface area contributed by atoms with Crippen molar-refractivity contribution in [2.75, 3.05) is 6.54 Å². The van der Waals surface area contributed by atoms with Gasteiger partial charge in [0.15, 0.2) is 0 Å². The van der Waals surface area contributed by atoms with Gasteiger partial charge in [0.2, 0.25) is 0 Å². The van der Waals surface area contributed by atoms with Crippen molar-refractivity contribution in [1.29, 1.82) is 0 Å². The molecule has 0 aliphatic rings. The van der Waals surface area contributed by atoms with Gasteiger partial charge in [-0.2, -0.15) is 0 Å². The summed E-state index contributed by atoms with van der Waals surface area (Å²) in [5.74, 6) is -0.168. The van der Waals surface area contributed by atoms with E-state index in [-0.39, 0.29) is 5.91 Å². The highest BCUT2D eigenvalue weighted by Gasteiger charge is 2.09. The predicted octanol–water partition coefficient (Wildman–Crippen LogP) is 3.83. The third-order valence-electron chi connectivity index (χ3n) is 3.25. The van der Waals surface area contributed by atoms with E-state index in [2.05, 4.69) is 15.3 Å². The average Bonchev–Trinajstić information content (AvgIpc) is 3.05. The van der Waals surface area contributed by atoms with Gasteiger partial charge in [-0.05, 0) is 24.3 Å². The SMILES string of the molecule is O=C(NCCc1csc(-c2cccnc2)n1)c1ccccc1Cl. The highest BCUT2D eigenvalue weighted by Crippen LogP contribution is 2.22. The van der Waals surface area contributed by atoms with E-state index in [0.717, 1.165) is 16.3 Å². The van der Waals surface area contributed by atoms with Crippen molar-refractivity contribution >= 4 is 28.8 Å². The lowest BCUT2D eigenvalue weighted by atomic mass is 10.2. The zero-order valence-corrected chi connectivity index (χ0v) is 13.8. The summed E-state index contributed by atoms with van der Waals surface area (Å²) in [6, 6.07) is 10.9. The molecular weight excluding hydrogens is 330 g/mol. The van der Waals surface area contributed by atoms with Crippen molar-refractivity contribution in [3.05, 3.63) is 70.5 Å². The van der Waals surface area contributed by atoms with Crippen molar-refractivity contribution in [2.45, 2.75) is 6.42 Å². The number of carbonyl (C=O) groups excluding carboxylic acids is 1. The summed E-state index contributed by atoms with van der Waals surface area (Å²) < 4.78 is 0. The van der Waals surface area contributed by atoms with Crippen molar-refractivity contribution in [2.24, 2.45) is 0 Å². The van der Waals surface area contributed by atoms with Crippen LogP contribution in [0.4, 0.5) is 0 Å². The van der Waals surface area contributed by atoms with Crippen LogP contribution in [0, 0.1) is 0 Å². The summed E-state index contributed by atoms with van der Waals surface area (Å²) in [6.07, 6.45) is 4.21. The topological polar surface area (TPSA) is 54.9 Å². The molecule has 0 atom stereocenters. The number of thiazole rings is 1. The maximum atomic E-state index is 12.1. The number of pyridine rings is 1. The van der Waals surface area contributed by atoms with Crippen LogP contribution in [0.15, 0.2) is 54.2 Å². The van der Waals surface area contributed by atoms with Crippen LogP contribution >= 0.6 is 22.9 Å². The molecule has 1 aromatic carbocycles. The zero-order chi connectivity index (χ0) is 16.1. The second kappa shape index (κ2) is 7.35. The van der Waals surface area contributed by atoms with E-state index in [1.54, 1.807) is 48.0 Å². The number of aromatic nitrogens is 2. The van der Waals surface area contributed by atoms with E-state index in [1.807, 2.05) is 17.5 Å². The van der Waals surface area contributed by atoms with Crippen molar-refractivity contribution in [3.63, 3.8) is 0 Å². The van der Waals surface area contributed by atoms with Crippen LogP contribution < -0.4 is 5.32 Å². The van der Waals surface area contributed by atoms with Gasteiger partial charge >= 0.3 is 0 Å². The molecule has 23 heavy (non-hydrogen) atoms. The first-order valence-corrected chi connectivity index (χ1v) is 8.37. The first kappa shape index (κ1) is 15.6. The second-order valence-electron chi connectivity index (χ2n) is 4.87. The van der Waals surface area contributed by atoms with Crippen LogP contribution in [0.2, 0.25) is 5.02 Å². The molecule has 0 unspecified atom stereocenters. The Morgan fingerprint density at radius 2 is 2.09 bits per heavy atom. The van der Waals surface area contributed by atoms with Gasteiger partial charge in [-0.1, -0.05) is 23.7 Å². The van der Waals surface area contributed by atoms with Crippen molar-refractivity contribution < 1.29 is 4.79 Å². The molecular formula is C17H14ClN3OS. The molecule has 2 aromatic heterocycles. The minimum atomic E-state index is -0.168. The summed E-state index contributed by atoms with van der Waals surface area (Å²) >= 11 is 7.58. The summed E-state index contributed by atoms with van der Waals surface area (Å²) in [5, 5.41) is 6.26. The van der Waals surface area contributed by atoms with Gasteiger partial charge < -0.3 is 5.32 Å². The molecule has 3 rings (SSSR count). The molecule has 0 saturated heterocycles. The minimum Gasteiger partial charge on any atom is -0.352 e. The van der Waals surface area contributed by atoms with E-state index < -0.39 is 0 Å². The molecule has 0 bridgehead atoms. The fraction of sp³-hybridized carbons (Fsp3) is 0.118. The quantitative estimate of drug-likeness (QED) is 0.766. The highest BCUT2D eigenvalue weighted by atomic mass is 35.5. The van der Waals surface area contributed by atoms with E-state index in [0.29, 0.717) is 23.6 Å². The first-order chi connectivity index (χ1) is 11.2. The molecule has 0 radical (unpaired) electrons. The van der Waals surface area contributed by atoms with Gasteiger partial charge in [0.25, 0.3) is 5.91 Å². The fourth-order valence-electron chi connectivity index (χ4n) is 2.09. The van der Waals surface area contributed by atoms with E-state index in [9.17, 15) is 4.79 Å². The maximum absolute atomic E-state index is 12.1. The second-order valence-corrected chi connectivity index (χ2v) is 6.14. The Hall–Kier alpha value is -2.24. The molecule has 1 amide bonds. The lowest BCUT2D eigenvalue weighted by molar-refractivity contribution is 0.0954. The Morgan fingerprint density at radius 1 is 1.22 bits per heavy atom. The number of halogens is 1. The number of hydrogen-bond donors (Lipinski definition) is 1. The van der Waals surface area contributed by atoms with Gasteiger partial charge in [-0.3, -0.25) is 9.78 Å². The number of rotatable bonds is 5. The largest absolute Gasteiger partial charge is 0.352 e. The van der Waals surface area contributed by atoms with Crippen LogP contribution in [0.3, 0.4) is 0 Å². The number of nitrogens with one attached hydrogen (secondary N) is 1. The summed E-state index contributed by atoms with van der Waals surface area (Å²) in [6.45, 7) is 0.514. The van der Waals surface area contributed by atoms with Gasteiger partial charge in [-0.15, -0.1) is 11.3 Å². The van der Waals surface area contributed by atoms with Crippen LogP contribution in [0.1, 0.15) is 16.1 Å². The average molecular weight is 344 g/mol. The molecule has 0 saturated carbocycles. The monoisotopic (exact) mass is 343 g/mol. The molecule has 1 N–H and O–H groups in total. The Kier molecular flexibility index (Phi) is 5.00. The van der Waals surface area contributed by atoms with Crippen LogP contribution in [-0.4, -0.2) is 22.4 Å². The molecule has 0 fully saturated rings. The minimum absolute atomic E-state index is 0.168. The first-order valence-electron chi connectivity index (χ1n) is 7.11. The van der Waals surface area contributed by atoms with Crippen molar-refractivity contribution in [3.8, 4) is 10.6 Å². The van der Waals surface area contributed by atoms with Gasteiger partial charge in [-0.25, -0.2) is 4.98 Å². The number of nitrogens with zero attached hydrogens (tertiary/aromatic N) is 2. The summed E-state index contributed by atoms with van der Waals surface area (Å²) in [5.41, 5.74) is 2.45. The molecule has 3 aromatic rings. The van der Waals surface area contributed by atoms with E-state index in [4.69, 9.17) is 11.6 Å². The van der Waals surface area contributed by atoms with E-state index >= 15 is 0 Å². The Morgan fingerprint density at radius 3 is 2.87 bits per heavy atom. The van der Waals surface area contributed by atoms with Gasteiger partial charge in [0.1, 0.15) is 5.01 Å². The Bertz CT molecular complexity index is 804. The Balaban J connectivity index is 1.56. The summed E-state index contributed by atoms with van der Waals surface area (Å²) in [7, 11) is 0. The molecule has 0 aliphatic carbocycles. The number of carbonyl (C=O) groups is 1. The molecule has 0 aliphatic heterocycles. The molecule has 0 spiro atoms. The maximum Gasteiger partial charge on any atom is 0.252 e. The zero-order valence-electron chi connectivity index (χ0n) is 12.2. The molecule has 4 nitrogen and oxygen atoms in total. The number of hydrogen-bond acceptors (Lipinski definition) is 4. The lowest BCUT2D eigenvalue weighted by Gasteiger charge is -2.05. The smallest absolute Gasteiger partial charge is 0.252 e. The van der Waals surface area contributed by atoms with Crippen LogP contribution in [-0.2, 0) is 6.42 Å². The highest BCUT2D eigenvalue weighted by molar-refractivity contribution is 7.13. The van der Waals surface area contributed by atoms with Gasteiger partial charge in [0.05, 0.1) is 16.3 Å². The molecule has 6 heteroatoms. The fourth-order valence-corrected chi connectivity index (χ4v) is 3.15. The van der Waals surface area contributed by atoms with Crippen LogP contribution in [0.5, 0.6) is 0 Å². The third-order valence-corrected chi connectivity index (χ3v) is 4.52. The number of amides is 1. The molecule has 2 heterocycles. The standard InChI is InChI=1S/C17H14ClN3OS/c18-15-6-2-1-5-14(15)16(22)20-9-7-13-11-23-17(21-13)12-4-3-8-19-10-12/h1-6,8,10-11H,7,9H2,(H,20,22).